The Hall–Kier alpha value is -0.820. The molecular formula is C13H21N. The molecular weight excluding hydrogens is 170 g/mol. The molecule has 1 N–H and O–H groups in total. The Morgan fingerprint density at radius 3 is 2.21 bits per heavy atom. The van der Waals surface area contributed by atoms with Gasteiger partial charge in [0, 0.05) is 6.04 Å². The van der Waals surface area contributed by atoms with E-state index >= 15 is 0 Å². The van der Waals surface area contributed by atoms with Crippen LogP contribution in [0.15, 0.2) is 30.3 Å². The van der Waals surface area contributed by atoms with Crippen LogP contribution in [0.25, 0.3) is 0 Å². The zero-order chi connectivity index (χ0) is 10.4. The molecule has 1 aromatic carbocycles. The zero-order valence-electron chi connectivity index (χ0n) is 9.46. The van der Waals surface area contributed by atoms with E-state index in [9.17, 15) is 0 Å². The van der Waals surface area contributed by atoms with Gasteiger partial charge >= 0.3 is 0 Å². The fraction of sp³-hybridized carbons (Fsp3) is 0.538. The van der Waals surface area contributed by atoms with Gasteiger partial charge in [0.15, 0.2) is 0 Å². The topological polar surface area (TPSA) is 12.0 Å². The lowest BCUT2D eigenvalue weighted by molar-refractivity contribution is 0.465. The minimum absolute atomic E-state index is 0.513. The van der Waals surface area contributed by atoms with Crippen LogP contribution in [0.4, 0.5) is 0 Å². The molecule has 1 heteroatoms. The Bertz CT molecular complexity index is 241. The summed E-state index contributed by atoms with van der Waals surface area (Å²) in [7, 11) is 2.04. The molecule has 0 fully saturated rings. The van der Waals surface area contributed by atoms with Crippen molar-refractivity contribution in [3.8, 4) is 0 Å². The van der Waals surface area contributed by atoms with E-state index in [1.165, 1.54) is 18.4 Å². The Kier molecular flexibility index (Phi) is 4.68. The third-order valence-electron chi connectivity index (χ3n) is 2.58. The summed E-state index contributed by atoms with van der Waals surface area (Å²) in [5.41, 5.74) is 1.40. The molecule has 78 valence electrons. The molecule has 0 aliphatic heterocycles. The summed E-state index contributed by atoms with van der Waals surface area (Å²) in [5, 5.41) is 3.37. The van der Waals surface area contributed by atoms with Crippen LogP contribution in [0.2, 0.25) is 0 Å². The fourth-order valence-corrected chi connectivity index (χ4v) is 1.66. The third-order valence-corrected chi connectivity index (χ3v) is 2.58. The summed E-state index contributed by atoms with van der Waals surface area (Å²) in [5.74, 6) is 0.787. The predicted molar refractivity (Wildman–Crippen MR) is 62.3 cm³/mol. The summed E-state index contributed by atoms with van der Waals surface area (Å²) in [6, 6.07) is 11.2. The van der Waals surface area contributed by atoms with Gasteiger partial charge in [-0.2, -0.15) is 0 Å². The normalized spacial score (nSPS) is 13.1. The molecule has 0 aliphatic rings. The van der Waals surface area contributed by atoms with E-state index in [4.69, 9.17) is 0 Å². The van der Waals surface area contributed by atoms with E-state index in [1.807, 2.05) is 7.05 Å². The van der Waals surface area contributed by atoms with Gasteiger partial charge in [-0.3, -0.25) is 0 Å². The second kappa shape index (κ2) is 5.82. The van der Waals surface area contributed by atoms with Crippen LogP contribution < -0.4 is 5.32 Å². The second-order valence-electron chi connectivity index (χ2n) is 4.22. The lowest BCUT2D eigenvalue weighted by Gasteiger charge is -2.17. The lowest BCUT2D eigenvalue weighted by Crippen LogP contribution is -2.16. The minimum atomic E-state index is 0.513. The molecule has 0 amide bonds. The van der Waals surface area contributed by atoms with Crippen LogP contribution in [0.5, 0.6) is 0 Å². The van der Waals surface area contributed by atoms with Crippen molar-refractivity contribution in [2.24, 2.45) is 5.92 Å². The van der Waals surface area contributed by atoms with Gasteiger partial charge in [0.2, 0.25) is 0 Å². The fourth-order valence-electron chi connectivity index (χ4n) is 1.66. The molecule has 0 heterocycles. The van der Waals surface area contributed by atoms with E-state index in [1.54, 1.807) is 0 Å². The van der Waals surface area contributed by atoms with E-state index in [0.717, 1.165) is 5.92 Å². The Balaban J connectivity index is 2.54. The molecule has 0 radical (unpaired) electrons. The number of rotatable bonds is 5. The maximum absolute atomic E-state index is 3.37. The van der Waals surface area contributed by atoms with Gasteiger partial charge in [-0.25, -0.2) is 0 Å². The van der Waals surface area contributed by atoms with Crippen molar-refractivity contribution in [2.45, 2.75) is 32.7 Å². The monoisotopic (exact) mass is 191 g/mol. The molecule has 1 atom stereocenters. The Morgan fingerprint density at radius 2 is 1.71 bits per heavy atom. The summed E-state index contributed by atoms with van der Waals surface area (Å²) in [6.45, 7) is 4.55. The Morgan fingerprint density at radius 1 is 1.07 bits per heavy atom. The molecule has 1 aromatic rings. The van der Waals surface area contributed by atoms with Gasteiger partial charge in [-0.1, -0.05) is 44.2 Å². The quantitative estimate of drug-likeness (QED) is 0.752. The average Bonchev–Trinajstić information content (AvgIpc) is 2.20. The van der Waals surface area contributed by atoms with Crippen molar-refractivity contribution >= 4 is 0 Å². The van der Waals surface area contributed by atoms with Crippen molar-refractivity contribution in [2.75, 3.05) is 7.05 Å². The van der Waals surface area contributed by atoms with Crippen LogP contribution in [0.1, 0.15) is 38.3 Å². The number of hydrogen-bond acceptors (Lipinski definition) is 1. The highest BCUT2D eigenvalue weighted by Gasteiger charge is 2.08. The number of nitrogens with one attached hydrogen (secondary N) is 1. The van der Waals surface area contributed by atoms with E-state index in [0.29, 0.717) is 6.04 Å². The molecule has 0 aromatic heterocycles. The molecule has 0 spiro atoms. The van der Waals surface area contributed by atoms with Crippen LogP contribution in [0.3, 0.4) is 0 Å². The summed E-state index contributed by atoms with van der Waals surface area (Å²) >= 11 is 0. The highest BCUT2D eigenvalue weighted by atomic mass is 14.9. The van der Waals surface area contributed by atoms with Crippen molar-refractivity contribution in [3.05, 3.63) is 35.9 Å². The summed E-state index contributed by atoms with van der Waals surface area (Å²) in [6.07, 6.45) is 2.50. The van der Waals surface area contributed by atoms with Crippen LogP contribution in [-0.2, 0) is 0 Å². The first-order chi connectivity index (χ1) is 6.74. The van der Waals surface area contributed by atoms with Gasteiger partial charge in [-0.05, 0) is 31.4 Å². The van der Waals surface area contributed by atoms with E-state index in [2.05, 4.69) is 49.5 Å². The highest BCUT2D eigenvalue weighted by Crippen LogP contribution is 2.19. The predicted octanol–water partition coefficient (Wildman–Crippen LogP) is 3.38. The van der Waals surface area contributed by atoms with E-state index < -0.39 is 0 Å². The molecule has 0 saturated carbocycles. The maximum atomic E-state index is 3.37. The molecule has 0 aliphatic carbocycles. The first kappa shape index (κ1) is 11.3. The largest absolute Gasteiger partial charge is 0.313 e. The summed E-state index contributed by atoms with van der Waals surface area (Å²) in [4.78, 5) is 0. The Labute approximate surface area is 87.5 Å². The lowest BCUT2D eigenvalue weighted by atomic mass is 9.98. The molecule has 14 heavy (non-hydrogen) atoms. The van der Waals surface area contributed by atoms with Gasteiger partial charge in [-0.15, -0.1) is 0 Å². The van der Waals surface area contributed by atoms with E-state index in [-0.39, 0.29) is 0 Å². The highest BCUT2D eigenvalue weighted by molar-refractivity contribution is 5.18. The first-order valence-corrected chi connectivity index (χ1v) is 5.46. The maximum Gasteiger partial charge on any atom is 0.0317 e. The van der Waals surface area contributed by atoms with Crippen molar-refractivity contribution < 1.29 is 0 Å². The van der Waals surface area contributed by atoms with Crippen LogP contribution >= 0.6 is 0 Å². The molecule has 1 nitrogen and oxygen atoms in total. The smallest absolute Gasteiger partial charge is 0.0317 e. The van der Waals surface area contributed by atoms with Crippen LogP contribution in [0, 0.1) is 5.92 Å². The summed E-state index contributed by atoms with van der Waals surface area (Å²) < 4.78 is 0. The SMILES string of the molecule is CN[C@@H](CCC(C)C)c1ccccc1. The molecule has 1 rings (SSSR count). The van der Waals surface area contributed by atoms with Crippen molar-refractivity contribution in [1.82, 2.24) is 5.32 Å². The van der Waals surface area contributed by atoms with Crippen LogP contribution in [-0.4, -0.2) is 7.05 Å². The molecule has 0 unspecified atom stereocenters. The van der Waals surface area contributed by atoms with Crippen molar-refractivity contribution in [1.29, 1.82) is 0 Å². The van der Waals surface area contributed by atoms with Gasteiger partial charge in [0.1, 0.15) is 0 Å². The zero-order valence-corrected chi connectivity index (χ0v) is 9.46. The number of hydrogen-bond donors (Lipinski definition) is 1. The average molecular weight is 191 g/mol. The second-order valence-corrected chi connectivity index (χ2v) is 4.22. The van der Waals surface area contributed by atoms with Gasteiger partial charge in [0.05, 0.1) is 0 Å². The third kappa shape index (κ3) is 3.51. The van der Waals surface area contributed by atoms with Crippen molar-refractivity contribution in [3.63, 3.8) is 0 Å². The minimum Gasteiger partial charge on any atom is -0.313 e. The molecule has 0 saturated heterocycles. The molecule has 0 bridgehead atoms. The van der Waals surface area contributed by atoms with Gasteiger partial charge in [0.25, 0.3) is 0 Å². The number of benzene rings is 1. The standard InChI is InChI=1S/C13H21N/c1-11(2)9-10-13(14-3)12-7-5-4-6-8-12/h4-8,11,13-14H,9-10H2,1-3H3/t13-/m0/s1. The van der Waals surface area contributed by atoms with Gasteiger partial charge < -0.3 is 5.32 Å². The first-order valence-electron chi connectivity index (χ1n) is 5.46.